The number of hydrogen-bond acceptors (Lipinski definition) is 3. The Bertz CT molecular complexity index is 1250. The van der Waals surface area contributed by atoms with Crippen molar-refractivity contribution in [2.45, 2.75) is 13.0 Å². The van der Waals surface area contributed by atoms with E-state index in [4.69, 9.17) is 9.47 Å². The summed E-state index contributed by atoms with van der Waals surface area (Å²) in [5.41, 5.74) is 5.15. The Labute approximate surface area is 168 Å². The first kappa shape index (κ1) is 17.7. The van der Waals surface area contributed by atoms with E-state index in [1.165, 1.54) is 16.6 Å². The molecule has 0 radical (unpaired) electrons. The Hall–Kier alpha value is -3.41. The van der Waals surface area contributed by atoms with Crippen LogP contribution in [0.3, 0.4) is 0 Å². The van der Waals surface area contributed by atoms with E-state index in [1.54, 1.807) is 14.2 Å². The number of methoxy groups -OCH3 is 2. The van der Waals surface area contributed by atoms with Crippen LogP contribution in [0.5, 0.6) is 11.5 Å². The lowest BCUT2D eigenvalue weighted by Crippen LogP contribution is -2.36. The SMILES string of the molecule is COc1cc(OC)c2cc(C(=O)N3CCc4[nH]c5ccccc5c4C3)n(C)c2c1. The Morgan fingerprint density at radius 1 is 1.07 bits per heavy atom. The zero-order valence-electron chi connectivity index (χ0n) is 16.8. The van der Waals surface area contributed by atoms with Gasteiger partial charge >= 0.3 is 0 Å². The number of aryl methyl sites for hydroxylation is 1. The van der Waals surface area contributed by atoms with Crippen molar-refractivity contribution in [3.8, 4) is 11.5 Å². The first-order valence-electron chi connectivity index (χ1n) is 9.70. The summed E-state index contributed by atoms with van der Waals surface area (Å²) in [7, 11) is 5.17. The second-order valence-corrected chi connectivity index (χ2v) is 7.46. The average Bonchev–Trinajstić information content (AvgIpc) is 3.30. The molecule has 6 heteroatoms. The maximum atomic E-state index is 13.4. The highest BCUT2D eigenvalue weighted by molar-refractivity contribution is 6.01. The molecule has 29 heavy (non-hydrogen) atoms. The van der Waals surface area contributed by atoms with Crippen LogP contribution in [-0.4, -0.2) is 41.1 Å². The summed E-state index contributed by atoms with van der Waals surface area (Å²) in [5, 5.41) is 2.10. The van der Waals surface area contributed by atoms with Gasteiger partial charge in [-0.25, -0.2) is 0 Å². The highest BCUT2D eigenvalue weighted by Gasteiger charge is 2.27. The van der Waals surface area contributed by atoms with Gasteiger partial charge in [-0.15, -0.1) is 0 Å². The van der Waals surface area contributed by atoms with Crippen molar-refractivity contribution < 1.29 is 14.3 Å². The van der Waals surface area contributed by atoms with Gasteiger partial charge in [-0.2, -0.15) is 0 Å². The lowest BCUT2D eigenvalue weighted by molar-refractivity contribution is 0.0726. The third-order valence-electron chi connectivity index (χ3n) is 5.94. The molecule has 3 heterocycles. The molecule has 5 rings (SSSR count). The van der Waals surface area contributed by atoms with Crippen LogP contribution in [0.1, 0.15) is 21.7 Å². The van der Waals surface area contributed by atoms with Crippen molar-refractivity contribution >= 4 is 27.7 Å². The highest BCUT2D eigenvalue weighted by Crippen LogP contribution is 2.34. The lowest BCUT2D eigenvalue weighted by atomic mass is 10.0. The monoisotopic (exact) mass is 389 g/mol. The normalized spacial score (nSPS) is 13.7. The number of carbonyl (C=O) groups is 1. The van der Waals surface area contributed by atoms with Gasteiger partial charge < -0.3 is 23.9 Å². The van der Waals surface area contributed by atoms with Crippen LogP contribution in [0.2, 0.25) is 0 Å². The van der Waals surface area contributed by atoms with Gasteiger partial charge in [-0.1, -0.05) is 18.2 Å². The van der Waals surface area contributed by atoms with Crippen molar-refractivity contribution in [1.29, 1.82) is 0 Å². The third-order valence-corrected chi connectivity index (χ3v) is 5.94. The van der Waals surface area contributed by atoms with Crippen molar-refractivity contribution in [3.63, 3.8) is 0 Å². The second kappa shape index (κ2) is 6.58. The number of carbonyl (C=O) groups excluding carboxylic acids is 1. The van der Waals surface area contributed by atoms with E-state index >= 15 is 0 Å². The minimum Gasteiger partial charge on any atom is -0.497 e. The van der Waals surface area contributed by atoms with Gasteiger partial charge in [-0.3, -0.25) is 4.79 Å². The van der Waals surface area contributed by atoms with Gasteiger partial charge in [0.15, 0.2) is 0 Å². The molecule has 0 atom stereocenters. The van der Waals surface area contributed by atoms with Crippen molar-refractivity contribution in [1.82, 2.24) is 14.5 Å². The summed E-state index contributed by atoms with van der Waals surface area (Å²) >= 11 is 0. The van der Waals surface area contributed by atoms with Crippen LogP contribution in [0.15, 0.2) is 42.5 Å². The maximum absolute atomic E-state index is 13.4. The van der Waals surface area contributed by atoms with Crippen LogP contribution in [0.4, 0.5) is 0 Å². The molecule has 0 spiro atoms. The molecule has 2 aromatic carbocycles. The van der Waals surface area contributed by atoms with E-state index in [9.17, 15) is 4.79 Å². The first-order chi connectivity index (χ1) is 14.1. The molecule has 0 fully saturated rings. The molecule has 6 nitrogen and oxygen atoms in total. The number of para-hydroxylation sites is 1. The van der Waals surface area contributed by atoms with E-state index in [2.05, 4.69) is 17.1 Å². The molecule has 1 aliphatic heterocycles. The molecule has 2 aromatic heterocycles. The standard InChI is InChI=1S/C23H23N3O3/c1-25-20-10-14(28-2)11-22(29-3)16(20)12-21(25)23(27)26-9-8-19-17(13-26)15-6-4-5-7-18(15)24-19/h4-7,10-12,24H,8-9,13H2,1-3H3. The van der Waals surface area contributed by atoms with Crippen molar-refractivity contribution in [3.05, 3.63) is 59.4 Å². The zero-order valence-corrected chi connectivity index (χ0v) is 16.8. The van der Waals surface area contributed by atoms with E-state index in [0.717, 1.165) is 22.8 Å². The predicted molar refractivity (Wildman–Crippen MR) is 113 cm³/mol. The largest absolute Gasteiger partial charge is 0.497 e. The Morgan fingerprint density at radius 3 is 2.69 bits per heavy atom. The molecule has 148 valence electrons. The number of fused-ring (bicyclic) bond motifs is 4. The maximum Gasteiger partial charge on any atom is 0.270 e. The van der Waals surface area contributed by atoms with E-state index in [1.807, 2.05) is 46.8 Å². The van der Waals surface area contributed by atoms with E-state index in [0.29, 0.717) is 30.3 Å². The number of amides is 1. The molecular formula is C23H23N3O3. The first-order valence-corrected chi connectivity index (χ1v) is 9.70. The molecule has 4 aromatic rings. The van der Waals surface area contributed by atoms with Crippen molar-refractivity contribution in [2.75, 3.05) is 20.8 Å². The fourth-order valence-electron chi connectivity index (χ4n) is 4.37. The predicted octanol–water partition coefficient (Wildman–Crippen LogP) is 3.88. The van der Waals surface area contributed by atoms with Gasteiger partial charge in [0.25, 0.3) is 5.91 Å². The molecule has 1 amide bonds. The molecule has 0 unspecified atom stereocenters. The van der Waals surface area contributed by atoms with Gasteiger partial charge in [0.05, 0.1) is 19.7 Å². The van der Waals surface area contributed by atoms with Crippen LogP contribution in [0, 0.1) is 0 Å². The quantitative estimate of drug-likeness (QED) is 0.579. The van der Waals surface area contributed by atoms with Crippen LogP contribution < -0.4 is 9.47 Å². The highest BCUT2D eigenvalue weighted by atomic mass is 16.5. The third kappa shape index (κ3) is 2.67. The summed E-state index contributed by atoms with van der Waals surface area (Å²) in [4.78, 5) is 18.9. The van der Waals surface area contributed by atoms with Gasteiger partial charge in [0.1, 0.15) is 17.2 Å². The second-order valence-electron chi connectivity index (χ2n) is 7.46. The molecule has 0 aliphatic carbocycles. The fourth-order valence-corrected chi connectivity index (χ4v) is 4.37. The number of aromatic amines is 1. The number of aromatic nitrogens is 2. The minimum absolute atomic E-state index is 0.0284. The van der Waals surface area contributed by atoms with E-state index < -0.39 is 0 Å². The summed E-state index contributed by atoms with van der Waals surface area (Å²) in [6, 6.07) is 14.0. The minimum atomic E-state index is 0.0284. The Balaban J connectivity index is 1.54. The topological polar surface area (TPSA) is 59.5 Å². The smallest absolute Gasteiger partial charge is 0.270 e. The number of nitrogens with one attached hydrogen (secondary N) is 1. The van der Waals surface area contributed by atoms with Crippen LogP contribution in [0.25, 0.3) is 21.8 Å². The summed E-state index contributed by atoms with van der Waals surface area (Å²) in [6.45, 7) is 1.31. The average molecular weight is 389 g/mol. The summed E-state index contributed by atoms with van der Waals surface area (Å²) in [6.07, 6.45) is 0.830. The summed E-state index contributed by atoms with van der Waals surface area (Å²) < 4.78 is 12.8. The van der Waals surface area contributed by atoms with Crippen LogP contribution >= 0.6 is 0 Å². The summed E-state index contributed by atoms with van der Waals surface area (Å²) in [5.74, 6) is 1.43. The molecule has 0 saturated carbocycles. The molecular weight excluding hydrogens is 366 g/mol. The Morgan fingerprint density at radius 2 is 1.90 bits per heavy atom. The molecule has 0 bridgehead atoms. The zero-order chi connectivity index (χ0) is 20.1. The molecule has 1 aliphatic rings. The number of hydrogen-bond donors (Lipinski definition) is 1. The molecule has 0 saturated heterocycles. The van der Waals surface area contributed by atoms with Crippen molar-refractivity contribution in [2.24, 2.45) is 7.05 Å². The number of ether oxygens (including phenoxy) is 2. The number of H-pyrrole nitrogens is 1. The number of rotatable bonds is 3. The number of benzene rings is 2. The number of nitrogens with zero attached hydrogens (tertiary/aromatic N) is 2. The van der Waals surface area contributed by atoms with Crippen LogP contribution in [-0.2, 0) is 20.0 Å². The van der Waals surface area contributed by atoms with E-state index in [-0.39, 0.29) is 5.91 Å². The lowest BCUT2D eigenvalue weighted by Gasteiger charge is -2.27. The molecule has 1 N–H and O–H groups in total. The fraction of sp³-hybridized carbons (Fsp3) is 0.261. The van der Waals surface area contributed by atoms with Gasteiger partial charge in [0, 0.05) is 66.2 Å². The Kier molecular flexibility index (Phi) is 4.01. The van der Waals surface area contributed by atoms with Gasteiger partial charge in [-0.05, 0) is 12.1 Å². The van der Waals surface area contributed by atoms with Gasteiger partial charge in [0.2, 0.25) is 0 Å².